The Bertz CT molecular complexity index is 109. The maximum atomic E-state index is 2.30. The van der Waals surface area contributed by atoms with Crippen LogP contribution in [0.25, 0.3) is 0 Å². The van der Waals surface area contributed by atoms with Crippen molar-refractivity contribution >= 4 is 0 Å². The SMILES string of the molecule is CCCCCCC[CH2][Ti][CH2]CCCCCCC. The van der Waals surface area contributed by atoms with Gasteiger partial charge in [0.2, 0.25) is 0 Å². The normalized spacial score (nSPS) is 10.7. The van der Waals surface area contributed by atoms with E-state index in [1.165, 1.54) is 64.2 Å². The molecule has 0 bridgehead atoms. The molecular weight excluding hydrogens is 240 g/mol. The van der Waals surface area contributed by atoms with Gasteiger partial charge in [0.25, 0.3) is 0 Å². The zero-order valence-corrected chi connectivity index (χ0v) is 14.0. The summed E-state index contributed by atoms with van der Waals surface area (Å²) in [5.74, 6) is 0. The molecule has 0 aromatic carbocycles. The molecule has 0 aliphatic rings. The third-order valence-corrected chi connectivity index (χ3v) is 5.62. The van der Waals surface area contributed by atoms with Gasteiger partial charge < -0.3 is 0 Å². The van der Waals surface area contributed by atoms with E-state index in [0.717, 1.165) is 0 Å². The fourth-order valence-corrected chi connectivity index (χ4v) is 4.14. The predicted molar refractivity (Wildman–Crippen MR) is 76.4 cm³/mol. The molecule has 0 spiro atoms. The van der Waals surface area contributed by atoms with Gasteiger partial charge in [0.15, 0.2) is 0 Å². The fraction of sp³-hybridized carbons (Fsp3) is 1.00. The van der Waals surface area contributed by atoms with Gasteiger partial charge in [-0.1, -0.05) is 0 Å². The van der Waals surface area contributed by atoms with Crippen LogP contribution in [0.4, 0.5) is 0 Å². The Kier molecular flexibility index (Phi) is 17.4. The van der Waals surface area contributed by atoms with Crippen molar-refractivity contribution in [2.45, 2.75) is 100 Å². The first-order chi connectivity index (χ1) is 8.41. The van der Waals surface area contributed by atoms with Crippen LogP contribution < -0.4 is 0 Å². The summed E-state index contributed by atoms with van der Waals surface area (Å²) in [6.45, 7) is 4.60. The molecule has 0 rings (SSSR count). The van der Waals surface area contributed by atoms with Crippen LogP contribution in [0.15, 0.2) is 0 Å². The maximum absolute atomic E-state index is 2.30. The van der Waals surface area contributed by atoms with Crippen LogP contribution in [0.5, 0.6) is 0 Å². The van der Waals surface area contributed by atoms with Crippen molar-refractivity contribution in [1.82, 2.24) is 0 Å². The zero-order chi connectivity index (χ0) is 12.6. The molecule has 0 saturated carbocycles. The van der Waals surface area contributed by atoms with E-state index in [0.29, 0.717) is 19.2 Å². The first-order valence-electron chi connectivity index (χ1n) is 8.12. The van der Waals surface area contributed by atoms with Crippen LogP contribution >= 0.6 is 0 Å². The molecule has 0 aromatic heterocycles. The van der Waals surface area contributed by atoms with Crippen LogP contribution in [0.3, 0.4) is 0 Å². The molecule has 0 aliphatic heterocycles. The molecule has 0 heterocycles. The van der Waals surface area contributed by atoms with E-state index in [2.05, 4.69) is 13.8 Å². The van der Waals surface area contributed by atoms with Crippen molar-refractivity contribution in [3.8, 4) is 0 Å². The Balaban J connectivity index is 2.85. The van der Waals surface area contributed by atoms with E-state index in [1.807, 2.05) is 0 Å². The molecule has 0 aliphatic carbocycles. The molecule has 0 aromatic rings. The Morgan fingerprint density at radius 1 is 0.471 bits per heavy atom. The van der Waals surface area contributed by atoms with E-state index >= 15 is 0 Å². The topological polar surface area (TPSA) is 0 Å². The molecule has 0 N–H and O–H groups in total. The van der Waals surface area contributed by atoms with Gasteiger partial charge in [0, 0.05) is 0 Å². The van der Waals surface area contributed by atoms with Crippen molar-refractivity contribution in [2.24, 2.45) is 0 Å². The number of rotatable bonds is 14. The van der Waals surface area contributed by atoms with E-state index in [9.17, 15) is 0 Å². The van der Waals surface area contributed by atoms with E-state index in [1.54, 1.807) is 22.3 Å². The van der Waals surface area contributed by atoms with Gasteiger partial charge in [-0.15, -0.1) is 0 Å². The molecule has 0 unspecified atom stereocenters. The second kappa shape index (κ2) is 16.7. The molecule has 0 atom stereocenters. The van der Waals surface area contributed by atoms with Gasteiger partial charge in [-0.25, -0.2) is 0 Å². The molecule has 102 valence electrons. The summed E-state index contributed by atoms with van der Waals surface area (Å²) in [6.07, 6.45) is 17.7. The van der Waals surface area contributed by atoms with Gasteiger partial charge in [-0.2, -0.15) is 0 Å². The molecule has 0 nitrogen and oxygen atoms in total. The van der Waals surface area contributed by atoms with Crippen LogP contribution in [-0.2, 0) is 19.2 Å². The number of unbranched alkanes of at least 4 members (excludes halogenated alkanes) is 10. The minimum absolute atomic E-state index is 0.448. The van der Waals surface area contributed by atoms with E-state index < -0.39 is 0 Å². The second-order valence-electron chi connectivity index (χ2n) is 5.29. The van der Waals surface area contributed by atoms with Crippen LogP contribution in [0.2, 0.25) is 9.45 Å². The predicted octanol–water partition coefficient (Wildman–Crippen LogP) is 6.63. The molecule has 17 heavy (non-hydrogen) atoms. The van der Waals surface area contributed by atoms with Crippen molar-refractivity contribution in [1.29, 1.82) is 0 Å². The summed E-state index contributed by atoms with van der Waals surface area (Å²) in [5, 5.41) is 0. The average molecular weight is 274 g/mol. The van der Waals surface area contributed by atoms with Crippen molar-refractivity contribution in [3.05, 3.63) is 0 Å². The Labute approximate surface area is 119 Å². The third kappa shape index (κ3) is 16.7. The van der Waals surface area contributed by atoms with Gasteiger partial charge in [-0.05, 0) is 0 Å². The van der Waals surface area contributed by atoms with Gasteiger partial charge in [-0.3, -0.25) is 0 Å². The summed E-state index contributed by atoms with van der Waals surface area (Å²) >= 11 is 0.448. The summed E-state index contributed by atoms with van der Waals surface area (Å²) in [4.78, 5) is 0. The number of hydrogen-bond donors (Lipinski definition) is 0. The fourth-order valence-electron chi connectivity index (χ4n) is 2.19. The third-order valence-electron chi connectivity index (χ3n) is 3.41. The zero-order valence-electron chi connectivity index (χ0n) is 12.4. The molecule has 0 amide bonds. The van der Waals surface area contributed by atoms with Crippen LogP contribution in [0.1, 0.15) is 90.9 Å². The molecule has 0 fully saturated rings. The minimum atomic E-state index is 0.448. The quantitative estimate of drug-likeness (QED) is 0.246. The summed E-state index contributed by atoms with van der Waals surface area (Å²) < 4.78 is 3.22. The molecule has 1 heteroatoms. The average Bonchev–Trinajstić information content (AvgIpc) is 2.35. The monoisotopic (exact) mass is 274 g/mol. The second-order valence-corrected chi connectivity index (χ2v) is 7.63. The Morgan fingerprint density at radius 3 is 1.24 bits per heavy atom. The molecular formula is C16H34Ti. The Morgan fingerprint density at radius 2 is 0.824 bits per heavy atom. The summed E-state index contributed by atoms with van der Waals surface area (Å²) in [7, 11) is 0. The standard InChI is InChI=1S/2C8H17.Ti/c2*1-3-5-7-8-6-4-2;/h2*1,3-8H2,2H3;. The van der Waals surface area contributed by atoms with Crippen molar-refractivity contribution in [3.63, 3.8) is 0 Å². The van der Waals surface area contributed by atoms with Crippen LogP contribution in [0, 0.1) is 0 Å². The van der Waals surface area contributed by atoms with Gasteiger partial charge in [0.05, 0.1) is 0 Å². The first-order valence-corrected chi connectivity index (χ1v) is 10.3. The van der Waals surface area contributed by atoms with Gasteiger partial charge in [0.1, 0.15) is 0 Å². The first kappa shape index (κ1) is 17.7. The van der Waals surface area contributed by atoms with Crippen molar-refractivity contribution < 1.29 is 19.2 Å². The van der Waals surface area contributed by atoms with Crippen molar-refractivity contribution in [2.75, 3.05) is 0 Å². The van der Waals surface area contributed by atoms with Crippen LogP contribution in [-0.4, -0.2) is 0 Å². The molecule has 0 radical (unpaired) electrons. The Hall–Kier alpha value is 0.714. The molecule has 0 saturated heterocycles. The summed E-state index contributed by atoms with van der Waals surface area (Å²) in [6, 6.07) is 0. The van der Waals surface area contributed by atoms with E-state index in [4.69, 9.17) is 0 Å². The van der Waals surface area contributed by atoms with Gasteiger partial charge >= 0.3 is 120 Å². The van der Waals surface area contributed by atoms with E-state index in [-0.39, 0.29) is 0 Å². The number of hydrogen-bond acceptors (Lipinski definition) is 0. The summed E-state index contributed by atoms with van der Waals surface area (Å²) in [5.41, 5.74) is 0.